The first kappa shape index (κ1) is 12.6. The van der Waals surface area contributed by atoms with Crippen molar-refractivity contribution in [3.63, 3.8) is 0 Å². The van der Waals surface area contributed by atoms with Gasteiger partial charge in [0.05, 0.1) is 11.6 Å². The van der Waals surface area contributed by atoms with E-state index in [-0.39, 0.29) is 6.04 Å². The fraction of sp³-hybridized carbons (Fsp3) is 0.438. The lowest BCUT2D eigenvalue weighted by molar-refractivity contribution is 0.00729. The molecule has 1 fully saturated rings. The lowest BCUT2D eigenvalue weighted by atomic mass is 9.97. The zero-order chi connectivity index (χ0) is 13.1. The predicted molar refractivity (Wildman–Crippen MR) is 76.9 cm³/mol. The van der Waals surface area contributed by atoms with E-state index in [2.05, 4.69) is 17.1 Å². The molecule has 1 aliphatic heterocycles. The number of para-hydroxylation sites is 1. The Morgan fingerprint density at radius 1 is 1.32 bits per heavy atom. The minimum absolute atomic E-state index is 0.0141. The first-order valence-corrected chi connectivity index (χ1v) is 7.05. The number of nitrogens with zero attached hydrogens (tertiary/aromatic N) is 1. The number of pyridine rings is 1. The third-order valence-electron chi connectivity index (χ3n) is 3.83. The summed E-state index contributed by atoms with van der Waals surface area (Å²) in [5, 5.41) is 1.15. The Morgan fingerprint density at radius 3 is 3.05 bits per heavy atom. The molecule has 2 atom stereocenters. The number of ether oxygens (including phenoxy) is 1. The molecule has 1 aromatic carbocycles. The summed E-state index contributed by atoms with van der Waals surface area (Å²) in [4.78, 5) is 4.47. The highest BCUT2D eigenvalue weighted by molar-refractivity contribution is 5.78. The summed E-state index contributed by atoms with van der Waals surface area (Å²) in [6.07, 6.45) is 6.68. The van der Waals surface area contributed by atoms with Crippen molar-refractivity contribution < 1.29 is 4.74 Å². The van der Waals surface area contributed by atoms with Gasteiger partial charge in [0.2, 0.25) is 0 Å². The Kier molecular flexibility index (Phi) is 3.76. The van der Waals surface area contributed by atoms with Gasteiger partial charge in [-0.1, -0.05) is 18.2 Å². The van der Waals surface area contributed by atoms with Crippen LogP contribution in [0.15, 0.2) is 36.5 Å². The molecule has 0 spiro atoms. The van der Waals surface area contributed by atoms with Gasteiger partial charge < -0.3 is 10.5 Å². The Labute approximate surface area is 113 Å². The average Bonchev–Trinajstić information content (AvgIpc) is 2.48. The Morgan fingerprint density at radius 2 is 2.21 bits per heavy atom. The van der Waals surface area contributed by atoms with E-state index in [1.165, 1.54) is 12.8 Å². The largest absolute Gasteiger partial charge is 0.378 e. The molecule has 0 aliphatic carbocycles. The molecule has 2 unspecified atom stereocenters. The fourth-order valence-corrected chi connectivity index (χ4v) is 2.70. The average molecular weight is 256 g/mol. The normalized spacial score (nSPS) is 21.4. The molecule has 2 N–H and O–H groups in total. The van der Waals surface area contributed by atoms with E-state index in [0.717, 1.165) is 35.9 Å². The molecule has 2 heterocycles. The molecule has 0 amide bonds. The zero-order valence-electron chi connectivity index (χ0n) is 11.1. The van der Waals surface area contributed by atoms with Gasteiger partial charge in [-0.3, -0.25) is 4.98 Å². The second-order valence-electron chi connectivity index (χ2n) is 5.29. The summed E-state index contributed by atoms with van der Waals surface area (Å²) >= 11 is 0. The number of fused-ring (bicyclic) bond motifs is 1. The highest BCUT2D eigenvalue weighted by Crippen LogP contribution is 2.24. The van der Waals surface area contributed by atoms with Gasteiger partial charge in [0.25, 0.3) is 0 Å². The smallest absolute Gasteiger partial charge is 0.0702 e. The lowest BCUT2D eigenvalue weighted by Gasteiger charge is -2.25. The molecule has 2 aromatic rings. The highest BCUT2D eigenvalue weighted by Gasteiger charge is 2.18. The van der Waals surface area contributed by atoms with Crippen molar-refractivity contribution in [2.75, 3.05) is 6.61 Å². The topological polar surface area (TPSA) is 48.1 Å². The predicted octanol–water partition coefficient (Wildman–Crippen LogP) is 3.19. The summed E-state index contributed by atoms with van der Waals surface area (Å²) < 4.78 is 5.76. The number of rotatable bonds is 3. The molecular formula is C16H20N2O. The maximum absolute atomic E-state index is 6.30. The van der Waals surface area contributed by atoms with Crippen LogP contribution in [0, 0.1) is 0 Å². The summed E-state index contributed by atoms with van der Waals surface area (Å²) in [5.41, 5.74) is 8.42. The van der Waals surface area contributed by atoms with Crippen LogP contribution < -0.4 is 5.73 Å². The van der Waals surface area contributed by atoms with Crippen LogP contribution in [0.25, 0.3) is 10.9 Å². The lowest BCUT2D eigenvalue weighted by Crippen LogP contribution is -2.25. The van der Waals surface area contributed by atoms with Crippen LogP contribution in [0.2, 0.25) is 0 Å². The Hall–Kier alpha value is -1.45. The molecule has 0 bridgehead atoms. The van der Waals surface area contributed by atoms with Crippen molar-refractivity contribution in [3.8, 4) is 0 Å². The zero-order valence-corrected chi connectivity index (χ0v) is 11.1. The van der Waals surface area contributed by atoms with E-state index in [1.807, 2.05) is 24.4 Å². The van der Waals surface area contributed by atoms with Crippen molar-refractivity contribution in [3.05, 3.63) is 42.1 Å². The number of hydrogen-bond acceptors (Lipinski definition) is 3. The molecule has 0 saturated carbocycles. The van der Waals surface area contributed by atoms with Gasteiger partial charge in [0, 0.05) is 24.2 Å². The summed E-state index contributed by atoms with van der Waals surface area (Å²) in [7, 11) is 0. The number of aromatic nitrogens is 1. The summed E-state index contributed by atoms with van der Waals surface area (Å²) in [5.74, 6) is 0. The summed E-state index contributed by atoms with van der Waals surface area (Å²) in [6.45, 7) is 0.882. The maximum Gasteiger partial charge on any atom is 0.0702 e. The van der Waals surface area contributed by atoms with Crippen LogP contribution in [-0.4, -0.2) is 17.7 Å². The van der Waals surface area contributed by atoms with Crippen molar-refractivity contribution in [1.29, 1.82) is 0 Å². The Bertz CT molecular complexity index is 549. The molecule has 1 aromatic heterocycles. The van der Waals surface area contributed by atoms with Crippen LogP contribution in [0.3, 0.4) is 0 Å². The van der Waals surface area contributed by atoms with Crippen LogP contribution in [0.4, 0.5) is 0 Å². The molecule has 3 nitrogen and oxygen atoms in total. The molecule has 1 saturated heterocycles. The van der Waals surface area contributed by atoms with E-state index in [0.29, 0.717) is 6.10 Å². The van der Waals surface area contributed by atoms with Gasteiger partial charge in [-0.05, 0) is 43.4 Å². The standard InChI is InChI=1S/C16H20N2O/c17-15(10-14-6-3-4-8-19-14)13-9-12-5-1-2-7-16(12)18-11-13/h1-2,5,7,9,11,14-15H,3-4,6,8,10,17H2. The van der Waals surface area contributed by atoms with Crippen molar-refractivity contribution in [2.24, 2.45) is 5.73 Å². The third kappa shape index (κ3) is 2.94. The summed E-state index contributed by atoms with van der Waals surface area (Å²) in [6, 6.07) is 10.3. The quantitative estimate of drug-likeness (QED) is 0.917. The molecule has 1 aliphatic rings. The van der Waals surface area contributed by atoms with Crippen molar-refractivity contribution in [1.82, 2.24) is 4.98 Å². The molecule has 3 rings (SSSR count). The highest BCUT2D eigenvalue weighted by atomic mass is 16.5. The molecule has 19 heavy (non-hydrogen) atoms. The van der Waals surface area contributed by atoms with Gasteiger partial charge in [-0.15, -0.1) is 0 Å². The van der Waals surface area contributed by atoms with E-state index < -0.39 is 0 Å². The SMILES string of the molecule is NC(CC1CCCCO1)c1cnc2ccccc2c1. The van der Waals surface area contributed by atoms with Crippen LogP contribution in [0.5, 0.6) is 0 Å². The van der Waals surface area contributed by atoms with Gasteiger partial charge in [-0.25, -0.2) is 0 Å². The third-order valence-corrected chi connectivity index (χ3v) is 3.83. The maximum atomic E-state index is 6.30. The first-order valence-electron chi connectivity index (χ1n) is 7.05. The van der Waals surface area contributed by atoms with Crippen molar-refractivity contribution in [2.45, 2.75) is 37.8 Å². The molecule has 0 radical (unpaired) electrons. The van der Waals surface area contributed by atoms with Gasteiger partial charge >= 0.3 is 0 Å². The van der Waals surface area contributed by atoms with Gasteiger partial charge in [-0.2, -0.15) is 0 Å². The minimum atomic E-state index is 0.0141. The molecule has 3 heteroatoms. The first-order chi connectivity index (χ1) is 9.33. The van der Waals surface area contributed by atoms with Crippen LogP contribution in [-0.2, 0) is 4.74 Å². The number of nitrogens with two attached hydrogens (primary N) is 1. The monoisotopic (exact) mass is 256 g/mol. The van der Waals surface area contributed by atoms with E-state index >= 15 is 0 Å². The van der Waals surface area contributed by atoms with E-state index in [4.69, 9.17) is 10.5 Å². The second kappa shape index (κ2) is 5.68. The van der Waals surface area contributed by atoms with E-state index in [1.54, 1.807) is 0 Å². The molecular weight excluding hydrogens is 236 g/mol. The Balaban J connectivity index is 1.75. The number of hydrogen-bond donors (Lipinski definition) is 1. The molecule has 100 valence electrons. The minimum Gasteiger partial charge on any atom is -0.378 e. The van der Waals surface area contributed by atoms with Gasteiger partial charge in [0.1, 0.15) is 0 Å². The van der Waals surface area contributed by atoms with Crippen LogP contribution >= 0.6 is 0 Å². The van der Waals surface area contributed by atoms with Crippen molar-refractivity contribution >= 4 is 10.9 Å². The van der Waals surface area contributed by atoms with E-state index in [9.17, 15) is 0 Å². The fourth-order valence-electron chi connectivity index (χ4n) is 2.70. The number of benzene rings is 1. The van der Waals surface area contributed by atoms with Crippen LogP contribution in [0.1, 0.15) is 37.3 Å². The van der Waals surface area contributed by atoms with Gasteiger partial charge in [0.15, 0.2) is 0 Å². The second-order valence-corrected chi connectivity index (χ2v) is 5.29.